The van der Waals surface area contributed by atoms with Crippen LogP contribution in [0.15, 0.2) is 27.8 Å². The van der Waals surface area contributed by atoms with Gasteiger partial charge in [0, 0.05) is 39.1 Å². The number of furan rings is 1. The molecule has 0 bridgehead atoms. The average molecular weight is 420 g/mol. The number of likely N-dealkylation sites (N-methyl/N-ethyl adjacent to an activating group) is 1. The Morgan fingerprint density at radius 2 is 2.05 bits per heavy atom. The zero-order valence-electron chi connectivity index (χ0n) is 13.7. The van der Waals surface area contributed by atoms with E-state index in [1.54, 1.807) is 6.26 Å². The SMILES string of the molecule is CN=C(NCCc1ccco1)NCCN(C)C1CCCC1.I. The standard InChI is InChI=1S/C16H28N4O.HI/c1-17-16(18-10-9-15-8-5-13-21-15)19-11-12-20(2)14-6-3-4-7-14;/h5,8,13-14H,3-4,6-7,9-12H2,1-2H3,(H2,17,18,19);1H. The molecule has 0 atom stereocenters. The summed E-state index contributed by atoms with van der Waals surface area (Å²) < 4.78 is 5.31. The maximum Gasteiger partial charge on any atom is 0.191 e. The van der Waals surface area contributed by atoms with Crippen molar-refractivity contribution in [2.75, 3.05) is 33.7 Å². The summed E-state index contributed by atoms with van der Waals surface area (Å²) in [5.41, 5.74) is 0. The van der Waals surface area contributed by atoms with E-state index in [0.29, 0.717) is 0 Å². The molecule has 22 heavy (non-hydrogen) atoms. The second-order valence-electron chi connectivity index (χ2n) is 5.67. The summed E-state index contributed by atoms with van der Waals surface area (Å²) in [6, 6.07) is 4.69. The van der Waals surface area contributed by atoms with Gasteiger partial charge in [0.2, 0.25) is 0 Å². The summed E-state index contributed by atoms with van der Waals surface area (Å²) >= 11 is 0. The van der Waals surface area contributed by atoms with E-state index in [4.69, 9.17) is 4.42 Å². The Morgan fingerprint density at radius 3 is 2.68 bits per heavy atom. The highest BCUT2D eigenvalue weighted by molar-refractivity contribution is 14.0. The van der Waals surface area contributed by atoms with E-state index in [2.05, 4.69) is 27.6 Å². The number of rotatable bonds is 7. The van der Waals surface area contributed by atoms with Crippen molar-refractivity contribution in [2.45, 2.75) is 38.1 Å². The van der Waals surface area contributed by atoms with Crippen molar-refractivity contribution in [1.82, 2.24) is 15.5 Å². The van der Waals surface area contributed by atoms with Crippen LogP contribution < -0.4 is 10.6 Å². The van der Waals surface area contributed by atoms with Crippen molar-refractivity contribution in [2.24, 2.45) is 4.99 Å². The number of guanidine groups is 1. The van der Waals surface area contributed by atoms with Gasteiger partial charge in [-0.25, -0.2) is 0 Å². The monoisotopic (exact) mass is 420 g/mol. The first-order valence-corrected chi connectivity index (χ1v) is 7.96. The fraction of sp³-hybridized carbons (Fsp3) is 0.688. The normalized spacial score (nSPS) is 15.9. The second-order valence-corrected chi connectivity index (χ2v) is 5.67. The van der Waals surface area contributed by atoms with Crippen molar-refractivity contribution >= 4 is 29.9 Å². The largest absolute Gasteiger partial charge is 0.469 e. The first-order valence-electron chi connectivity index (χ1n) is 7.96. The third kappa shape index (κ3) is 6.56. The van der Waals surface area contributed by atoms with E-state index < -0.39 is 0 Å². The molecule has 5 nitrogen and oxygen atoms in total. The molecule has 1 aromatic rings. The van der Waals surface area contributed by atoms with Crippen LogP contribution >= 0.6 is 24.0 Å². The Labute approximate surface area is 150 Å². The Balaban J connectivity index is 0.00000242. The number of aliphatic imine (C=N–C) groups is 1. The van der Waals surface area contributed by atoms with Gasteiger partial charge >= 0.3 is 0 Å². The number of nitrogens with one attached hydrogen (secondary N) is 2. The number of halogens is 1. The van der Waals surface area contributed by atoms with Crippen LogP contribution in [-0.2, 0) is 6.42 Å². The molecule has 1 aromatic heterocycles. The number of hydrogen-bond acceptors (Lipinski definition) is 3. The lowest BCUT2D eigenvalue weighted by Crippen LogP contribution is -2.43. The molecule has 0 amide bonds. The Morgan fingerprint density at radius 1 is 1.32 bits per heavy atom. The van der Waals surface area contributed by atoms with E-state index in [0.717, 1.165) is 43.8 Å². The fourth-order valence-corrected chi connectivity index (χ4v) is 2.86. The van der Waals surface area contributed by atoms with Gasteiger partial charge in [-0.3, -0.25) is 4.99 Å². The molecule has 2 rings (SSSR count). The Kier molecular flexibility index (Phi) is 9.54. The molecule has 1 aliphatic rings. The minimum atomic E-state index is 0. The number of nitrogens with zero attached hydrogens (tertiary/aromatic N) is 2. The summed E-state index contributed by atoms with van der Waals surface area (Å²) in [5, 5.41) is 6.68. The van der Waals surface area contributed by atoms with Gasteiger partial charge < -0.3 is 20.0 Å². The molecule has 1 heterocycles. The number of hydrogen-bond donors (Lipinski definition) is 2. The van der Waals surface area contributed by atoms with Crippen molar-refractivity contribution < 1.29 is 4.42 Å². The van der Waals surface area contributed by atoms with E-state index in [1.165, 1.54) is 25.7 Å². The quantitative estimate of drug-likeness (QED) is 0.404. The maximum atomic E-state index is 5.31. The summed E-state index contributed by atoms with van der Waals surface area (Å²) in [5.74, 6) is 1.86. The van der Waals surface area contributed by atoms with E-state index >= 15 is 0 Å². The Bertz CT molecular complexity index is 416. The first kappa shape index (κ1) is 19.3. The highest BCUT2D eigenvalue weighted by atomic mass is 127. The van der Waals surface area contributed by atoms with Crippen LogP contribution in [0.1, 0.15) is 31.4 Å². The molecule has 1 fully saturated rings. The van der Waals surface area contributed by atoms with E-state index in [1.807, 2.05) is 19.2 Å². The molecule has 6 heteroatoms. The summed E-state index contributed by atoms with van der Waals surface area (Å²) in [7, 11) is 4.04. The van der Waals surface area contributed by atoms with Gasteiger partial charge in [0.05, 0.1) is 6.26 Å². The van der Waals surface area contributed by atoms with Crippen LogP contribution in [-0.4, -0.2) is 50.6 Å². The third-order valence-electron chi connectivity index (χ3n) is 4.17. The van der Waals surface area contributed by atoms with Gasteiger partial charge in [0.25, 0.3) is 0 Å². The van der Waals surface area contributed by atoms with Crippen LogP contribution in [0, 0.1) is 0 Å². The van der Waals surface area contributed by atoms with Gasteiger partial charge in [-0.1, -0.05) is 12.8 Å². The lowest BCUT2D eigenvalue weighted by molar-refractivity contribution is 0.249. The molecule has 126 valence electrons. The van der Waals surface area contributed by atoms with E-state index in [9.17, 15) is 0 Å². The molecule has 1 aliphatic carbocycles. The van der Waals surface area contributed by atoms with E-state index in [-0.39, 0.29) is 24.0 Å². The summed E-state index contributed by atoms with van der Waals surface area (Å²) in [6.07, 6.45) is 8.06. The van der Waals surface area contributed by atoms with Crippen LogP contribution in [0.2, 0.25) is 0 Å². The smallest absolute Gasteiger partial charge is 0.191 e. The van der Waals surface area contributed by atoms with Crippen molar-refractivity contribution in [1.29, 1.82) is 0 Å². The molecular formula is C16H29IN4O. The third-order valence-corrected chi connectivity index (χ3v) is 4.17. The highest BCUT2D eigenvalue weighted by Crippen LogP contribution is 2.21. The minimum absolute atomic E-state index is 0. The predicted molar refractivity (Wildman–Crippen MR) is 102 cm³/mol. The van der Waals surface area contributed by atoms with Crippen molar-refractivity contribution in [3.05, 3.63) is 24.2 Å². The second kappa shape index (κ2) is 10.9. The lowest BCUT2D eigenvalue weighted by atomic mass is 10.2. The molecule has 0 aliphatic heterocycles. The molecule has 2 N–H and O–H groups in total. The topological polar surface area (TPSA) is 52.8 Å². The zero-order valence-corrected chi connectivity index (χ0v) is 16.0. The molecule has 0 spiro atoms. The molecule has 0 radical (unpaired) electrons. The molecular weight excluding hydrogens is 391 g/mol. The van der Waals surface area contributed by atoms with Crippen molar-refractivity contribution in [3.8, 4) is 0 Å². The molecule has 0 unspecified atom stereocenters. The Hall–Kier alpha value is -0.760. The van der Waals surface area contributed by atoms with Crippen molar-refractivity contribution in [3.63, 3.8) is 0 Å². The molecule has 1 saturated carbocycles. The van der Waals surface area contributed by atoms with Gasteiger partial charge in [0.15, 0.2) is 5.96 Å². The molecule has 0 saturated heterocycles. The van der Waals surface area contributed by atoms with Gasteiger partial charge in [-0.2, -0.15) is 0 Å². The average Bonchev–Trinajstić information content (AvgIpc) is 3.18. The van der Waals surface area contributed by atoms with Gasteiger partial charge in [-0.05, 0) is 32.0 Å². The first-order chi connectivity index (χ1) is 10.3. The maximum absolute atomic E-state index is 5.31. The fourth-order valence-electron chi connectivity index (χ4n) is 2.86. The van der Waals surface area contributed by atoms with Gasteiger partial charge in [-0.15, -0.1) is 24.0 Å². The van der Waals surface area contributed by atoms with Crippen LogP contribution in [0.3, 0.4) is 0 Å². The van der Waals surface area contributed by atoms with Crippen LogP contribution in [0.4, 0.5) is 0 Å². The predicted octanol–water partition coefficient (Wildman–Crippen LogP) is 2.48. The van der Waals surface area contributed by atoms with Gasteiger partial charge in [0.1, 0.15) is 5.76 Å². The molecule has 0 aromatic carbocycles. The lowest BCUT2D eigenvalue weighted by Gasteiger charge is -2.24. The summed E-state index contributed by atoms with van der Waals surface area (Å²) in [4.78, 5) is 6.71. The minimum Gasteiger partial charge on any atom is -0.469 e. The van der Waals surface area contributed by atoms with Crippen LogP contribution in [0.25, 0.3) is 0 Å². The van der Waals surface area contributed by atoms with Crippen LogP contribution in [0.5, 0.6) is 0 Å². The summed E-state index contributed by atoms with van der Waals surface area (Å²) in [6.45, 7) is 2.81. The zero-order chi connectivity index (χ0) is 14.9. The highest BCUT2D eigenvalue weighted by Gasteiger charge is 2.18.